The lowest BCUT2D eigenvalue weighted by Gasteiger charge is -2.39. The van der Waals surface area contributed by atoms with Gasteiger partial charge in [-0.05, 0) is 24.8 Å². The number of piperidine rings is 1. The number of nitrogens with one attached hydrogen (secondary N) is 3. The largest absolute Gasteiger partial charge is 0.350 e. The average molecular weight is 236 g/mol. The lowest BCUT2D eigenvalue weighted by molar-refractivity contribution is 0.148. The third-order valence-electron chi connectivity index (χ3n) is 4.74. The van der Waals surface area contributed by atoms with Crippen molar-refractivity contribution >= 4 is 5.96 Å². The molecule has 0 aromatic carbocycles. The molecule has 17 heavy (non-hydrogen) atoms. The molecule has 0 aromatic heterocycles. The van der Waals surface area contributed by atoms with Gasteiger partial charge in [-0.25, -0.2) is 0 Å². The van der Waals surface area contributed by atoms with Crippen LogP contribution in [0.25, 0.3) is 0 Å². The maximum absolute atomic E-state index is 4.25. The van der Waals surface area contributed by atoms with E-state index in [0.29, 0.717) is 12.2 Å². The summed E-state index contributed by atoms with van der Waals surface area (Å²) >= 11 is 0. The zero-order valence-corrected chi connectivity index (χ0v) is 10.7. The van der Waals surface area contributed by atoms with Crippen molar-refractivity contribution in [1.82, 2.24) is 16.0 Å². The van der Waals surface area contributed by atoms with Crippen molar-refractivity contribution in [3.05, 3.63) is 0 Å². The monoisotopic (exact) mass is 236 g/mol. The molecule has 0 radical (unpaired) electrons. The molecule has 4 heteroatoms. The van der Waals surface area contributed by atoms with Gasteiger partial charge in [0.15, 0.2) is 5.96 Å². The average Bonchev–Trinajstić information content (AvgIpc) is 2.82. The van der Waals surface area contributed by atoms with E-state index in [-0.39, 0.29) is 0 Å². The second-order valence-electron chi connectivity index (χ2n) is 5.67. The summed E-state index contributed by atoms with van der Waals surface area (Å²) in [5.74, 6) is 2.73. The number of rotatable bonds is 1. The molecule has 3 N–H and O–H groups in total. The number of nitrogens with zero attached hydrogens (tertiary/aromatic N) is 1. The van der Waals surface area contributed by atoms with E-state index in [0.717, 1.165) is 24.3 Å². The van der Waals surface area contributed by atoms with Gasteiger partial charge in [-0.1, -0.05) is 32.1 Å². The molecule has 0 aromatic rings. The van der Waals surface area contributed by atoms with Gasteiger partial charge in [0.1, 0.15) is 6.17 Å². The van der Waals surface area contributed by atoms with E-state index < -0.39 is 0 Å². The van der Waals surface area contributed by atoms with E-state index in [2.05, 4.69) is 20.9 Å². The van der Waals surface area contributed by atoms with Gasteiger partial charge in [-0.2, -0.15) is 0 Å². The van der Waals surface area contributed by atoms with E-state index in [1.807, 2.05) is 7.05 Å². The minimum atomic E-state index is 0.398. The SMILES string of the molecule is CN=C1NC2NCCC(C3CCCCC3)C2N1. The van der Waals surface area contributed by atoms with E-state index in [1.165, 1.54) is 38.5 Å². The topological polar surface area (TPSA) is 48.5 Å². The molecule has 3 rings (SSSR count). The number of fused-ring (bicyclic) bond motifs is 1. The lowest BCUT2D eigenvalue weighted by atomic mass is 9.73. The minimum absolute atomic E-state index is 0.398. The van der Waals surface area contributed by atoms with Crippen molar-refractivity contribution in [3.63, 3.8) is 0 Å². The van der Waals surface area contributed by atoms with Crippen LogP contribution < -0.4 is 16.0 Å². The smallest absolute Gasteiger partial charge is 0.192 e. The van der Waals surface area contributed by atoms with Crippen LogP contribution in [0.15, 0.2) is 4.99 Å². The number of guanidine groups is 1. The van der Waals surface area contributed by atoms with E-state index >= 15 is 0 Å². The molecule has 3 aliphatic rings. The Morgan fingerprint density at radius 2 is 1.88 bits per heavy atom. The van der Waals surface area contributed by atoms with Crippen LogP contribution in [-0.4, -0.2) is 31.8 Å². The van der Waals surface area contributed by atoms with Crippen LogP contribution in [0.3, 0.4) is 0 Å². The highest BCUT2D eigenvalue weighted by Crippen LogP contribution is 2.36. The fraction of sp³-hybridized carbons (Fsp3) is 0.923. The van der Waals surface area contributed by atoms with Crippen LogP contribution in [0.2, 0.25) is 0 Å². The molecular weight excluding hydrogens is 212 g/mol. The quantitative estimate of drug-likeness (QED) is 0.638. The first kappa shape index (κ1) is 11.3. The van der Waals surface area contributed by atoms with E-state index in [4.69, 9.17) is 0 Å². The minimum Gasteiger partial charge on any atom is -0.350 e. The Morgan fingerprint density at radius 1 is 1.06 bits per heavy atom. The van der Waals surface area contributed by atoms with E-state index in [1.54, 1.807) is 0 Å². The molecule has 0 amide bonds. The third-order valence-corrected chi connectivity index (χ3v) is 4.74. The van der Waals surface area contributed by atoms with Crippen molar-refractivity contribution in [2.45, 2.75) is 50.7 Å². The summed E-state index contributed by atoms with van der Waals surface area (Å²) in [4.78, 5) is 4.25. The predicted molar refractivity (Wildman–Crippen MR) is 69.9 cm³/mol. The molecule has 1 aliphatic carbocycles. The molecular formula is C13H24N4. The summed E-state index contributed by atoms with van der Waals surface area (Å²) in [5, 5.41) is 10.6. The Labute approximate surface area is 104 Å². The van der Waals surface area contributed by atoms with Crippen molar-refractivity contribution in [1.29, 1.82) is 0 Å². The molecule has 3 atom stereocenters. The highest BCUT2D eigenvalue weighted by Gasteiger charge is 2.42. The molecule has 3 fully saturated rings. The maximum atomic E-state index is 4.25. The van der Waals surface area contributed by atoms with Crippen molar-refractivity contribution in [2.75, 3.05) is 13.6 Å². The van der Waals surface area contributed by atoms with Crippen LogP contribution in [0.4, 0.5) is 0 Å². The molecule has 2 saturated heterocycles. The summed E-state index contributed by atoms with van der Waals surface area (Å²) in [5.41, 5.74) is 0. The Balaban J connectivity index is 1.71. The number of hydrogen-bond donors (Lipinski definition) is 3. The summed E-state index contributed by atoms with van der Waals surface area (Å²) in [6.45, 7) is 1.15. The van der Waals surface area contributed by atoms with Crippen LogP contribution in [0, 0.1) is 11.8 Å². The van der Waals surface area contributed by atoms with Crippen LogP contribution in [0.5, 0.6) is 0 Å². The molecule has 1 saturated carbocycles. The van der Waals surface area contributed by atoms with Crippen LogP contribution in [0.1, 0.15) is 38.5 Å². The van der Waals surface area contributed by atoms with Gasteiger partial charge in [-0.15, -0.1) is 0 Å². The molecule has 0 bridgehead atoms. The zero-order valence-electron chi connectivity index (χ0n) is 10.7. The van der Waals surface area contributed by atoms with E-state index in [9.17, 15) is 0 Å². The first-order chi connectivity index (χ1) is 8.38. The summed E-state index contributed by atoms with van der Waals surface area (Å²) in [6, 6.07) is 0.547. The summed E-state index contributed by atoms with van der Waals surface area (Å²) in [7, 11) is 1.85. The van der Waals surface area contributed by atoms with Gasteiger partial charge in [0.25, 0.3) is 0 Å². The van der Waals surface area contributed by atoms with Gasteiger partial charge < -0.3 is 10.6 Å². The van der Waals surface area contributed by atoms with Crippen LogP contribution in [-0.2, 0) is 0 Å². The van der Waals surface area contributed by atoms with Gasteiger partial charge in [-0.3, -0.25) is 10.3 Å². The second kappa shape index (κ2) is 4.84. The van der Waals surface area contributed by atoms with Gasteiger partial charge >= 0.3 is 0 Å². The molecule has 2 aliphatic heterocycles. The lowest BCUT2D eigenvalue weighted by Crippen LogP contribution is -2.56. The van der Waals surface area contributed by atoms with Crippen molar-refractivity contribution in [2.24, 2.45) is 16.8 Å². The number of hydrogen-bond acceptors (Lipinski definition) is 2. The summed E-state index contributed by atoms with van der Waals surface area (Å²) < 4.78 is 0. The Kier molecular flexibility index (Phi) is 3.23. The first-order valence-electron chi connectivity index (χ1n) is 7.12. The van der Waals surface area contributed by atoms with Gasteiger partial charge in [0, 0.05) is 7.05 Å². The second-order valence-corrected chi connectivity index (χ2v) is 5.67. The van der Waals surface area contributed by atoms with Crippen molar-refractivity contribution < 1.29 is 0 Å². The normalized spacial score (nSPS) is 40.8. The highest BCUT2D eigenvalue weighted by molar-refractivity contribution is 5.82. The molecule has 4 nitrogen and oxygen atoms in total. The van der Waals surface area contributed by atoms with Crippen LogP contribution >= 0.6 is 0 Å². The maximum Gasteiger partial charge on any atom is 0.192 e. The van der Waals surface area contributed by atoms with Gasteiger partial charge in [0.05, 0.1) is 6.04 Å². The number of aliphatic imine (C=N–C) groups is 1. The Morgan fingerprint density at radius 3 is 2.65 bits per heavy atom. The fourth-order valence-corrected chi connectivity index (χ4v) is 3.86. The third kappa shape index (κ3) is 2.15. The molecule has 96 valence electrons. The zero-order chi connectivity index (χ0) is 11.7. The summed E-state index contributed by atoms with van der Waals surface area (Å²) in [6.07, 6.45) is 8.92. The standard InChI is InChI=1S/C13H24N4/c1-14-13-16-11-10(7-8-15-12(11)17-13)9-5-3-2-4-6-9/h9-12,15H,2-8H2,1H3,(H2,14,16,17). The molecule has 0 spiro atoms. The Bertz CT molecular complexity index is 296. The Hall–Kier alpha value is -0.770. The van der Waals surface area contributed by atoms with Crippen molar-refractivity contribution in [3.8, 4) is 0 Å². The molecule has 2 heterocycles. The predicted octanol–water partition coefficient (Wildman–Crippen LogP) is 1.05. The van der Waals surface area contributed by atoms with Gasteiger partial charge in [0.2, 0.25) is 0 Å². The fourth-order valence-electron chi connectivity index (χ4n) is 3.86. The highest BCUT2D eigenvalue weighted by atomic mass is 15.3. The molecule has 3 unspecified atom stereocenters. The first-order valence-corrected chi connectivity index (χ1v) is 7.12.